The van der Waals surface area contributed by atoms with Crippen LogP contribution in [-0.4, -0.2) is 67.6 Å². The van der Waals surface area contributed by atoms with Crippen LogP contribution < -0.4 is 15.5 Å². The van der Waals surface area contributed by atoms with E-state index in [2.05, 4.69) is 24.8 Å². The van der Waals surface area contributed by atoms with Gasteiger partial charge in [-0.2, -0.15) is 15.0 Å². The number of nitrogens with two attached hydrogens (primary N) is 1. The highest BCUT2D eigenvalue weighted by Gasteiger charge is 2.24. The molecule has 0 bridgehead atoms. The minimum absolute atomic E-state index is 0.507. The summed E-state index contributed by atoms with van der Waals surface area (Å²) in [5.41, 5.74) is 6.32. The quantitative estimate of drug-likeness (QED) is 0.830. The van der Waals surface area contributed by atoms with Gasteiger partial charge in [-0.1, -0.05) is 0 Å². The molecule has 1 atom stereocenters. The summed E-state index contributed by atoms with van der Waals surface area (Å²) in [5, 5.41) is 0. The zero-order valence-electron chi connectivity index (χ0n) is 14.0. The van der Waals surface area contributed by atoms with E-state index >= 15 is 0 Å². The highest BCUT2D eigenvalue weighted by molar-refractivity contribution is 5.41. The highest BCUT2D eigenvalue weighted by atomic mass is 16.5. The third-order valence-corrected chi connectivity index (χ3v) is 4.34. The van der Waals surface area contributed by atoms with Crippen LogP contribution in [0.5, 0.6) is 0 Å². The summed E-state index contributed by atoms with van der Waals surface area (Å²) in [4.78, 5) is 18.1. The molecule has 0 spiro atoms. The van der Waals surface area contributed by atoms with Gasteiger partial charge in [0.15, 0.2) is 5.82 Å². The molecule has 134 valence electrons. The molecule has 2 N–H and O–H groups in total. The predicted molar refractivity (Wildman–Crippen MR) is 90.6 cm³/mol. The summed E-state index contributed by atoms with van der Waals surface area (Å²) in [7, 11) is 0. The molecule has 9 nitrogen and oxygen atoms in total. The van der Waals surface area contributed by atoms with Crippen molar-refractivity contribution in [3.63, 3.8) is 0 Å². The smallest absolute Gasteiger partial charge is 0.230 e. The molecule has 2 saturated heterocycles. The molecule has 25 heavy (non-hydrogen) atoms. The maximum absolute atomic E-state index is 6.32. The Labute approximate surface area is 145 Å². The Morgan fingerprint density at radius 1 is 0.880 bits per heavy atom. The van der Waals surface area contributed by atoms with Gasteiger partial charge >= 0.3 is 0 Å². The first-order valence-corrected chi connectivity index (χ1v) is 8.51. The van der Waals surface area contributed by atoms with Gasteiger partial charge in [-0.15, -0.1) is 0 Å². The van der Waals surface area contributed by atoms with E-state index in [1.165, 1.54) is 0 Å². The molecule has 0 amide bonds. The fourth-order valence-corrected chi connectivity index (χ4v) is 2.91. The molecule has 2 aromatic rings. The minimum Gasteiger partial charge on any atom is -0.467 e. The van der Waals surface area contributed by atoms with E-state index in [1.807, 2.05) is 12.1 Å². The normalized spacial score (nSPS) is 19.9. The minimum atomic E-state index is -0.530. The number of rotatable bonds is 4. The molecule has 2 aliphatic rings. The van der Waals surface area contributed by atoms with E-state index in [4.69, 9.17) is 19.6 Å². The second kappa shape index (κ2) is 7.34. The molecular formula is C16H22N6O3. The zero-order valence-corrected chi connectivity index (χ0v) is 14.0. The average molecular weight is 346 g/mol. The van der Waals surface area contributed by atoms with Crippen molar-refractivity contribution in [1.29, 1.82) is 0 Å². The zero-order chi connectivity index (χ0) is 17.1. The van der Waals surface area contributed by atoms with Crippen molar-refractivity contribution >= 4 is 11.9 Å². The number of hydrogen-bond donors (Lipinski definition) is 1. The van der Waals surface area contributed by atoms with E-state index in [-0.39, 0.29) is 0 Å². The Kier molecular flexibility index (Phi) is 4.77. The van der Waals surface area contributed by atoms with Crippen molar-refractivity contribution in [3.8, 4) is 0 Å². The van der Waals surface area contributed by atoms with Crippen LogP contribution in [-0.2, 0) is 9.47 Å². The van der Waals surface area contributed by atoms with Crippen LogP contribution in [0, 0.1) is 0 Å². The Morgan fingerprint density at radius 2 is 1.44 bits per heavy atom. The molecule has 2 aromatic heterocycles. The van der Waals surface area contributed by atoms with E-state index < -0.39 is 6.04 Å². The van der Waals surface area contributed by atoms with Gasteiger partial charge in [-0.25, -0.2) is 0 Å². The van der Waals surface area contributed by atoms with Crippen molar-refractivity contribution in [2.45, 2.75) is 6.04 Å². The third kappa shape index (κ3) is 3.58. The Bertz CT molecular complexity index is 647. The van der Waals surface area contributed by atoms with Crippen LogP contribution in [0.25, 0.3) is 0 Å². The number of nitrogens with zero attached hydrogens (tertiary/aromatic N) is 5. The van der Waals surface area contributed by atoms with Crippen LogP contribution >= 0.6 is 0 Å². The Morgan fingerprint density at radius 3 is 1.92 bits per heavy atom. The number of furan rings is 1. The molecule has 9 heteroatoms. The van der Waals surface area contributed by atoms with E-state index in [0.717, 1.165) is 26.2 Å². The molecule has 0 aliphatic carbocycles. The first-order valence-electron chi connectivity index (χ1n) is 8.51. The largest absolute Gasteiger partial charge is 0.467 e. The van der Waals surface area contributed by atoms with Gasteiger partial charge in [0.1, 0.15) is 11.8 Å². The number of morpholine rings is 2. The lowest BCUT2D eigenvalue weighted by Crippen LogP contribution is -2.40. The maximum atomic E-state index is 6.32. The summed E-state index contributed by atoms with van der Waals surface area (Å²) in [5.74, 6) is 2.41. The molecule has 0 aromatic carbocycles. The number of anilines is 2. The standard InChI is InChI=1S/C16H22N6O3/c17-13(12-2-1-7-25-12)14-18-15(21-3-8-23-9-4-21)20-16(19-14)22-5-10-24-11-6-22/h1-2,7,13H,3-6,8-11,17H2. The Balaban J connectivity index is 1.68. The summed E-state index contributed by atoms with van der Waals surface area (Å²) >= 11 is 0. The van der Waals surface area contributed by atoms with Gasteiger partial charge in [-0.05, 0) is 12.1 Å². The van der Waals surface area contributed by atoms with Crippen molar-refractivity contribution in [3.05, 3.63) is 30.0 Å². The van der Waals surface area contributed by atoms with Gasteiger partial charge in [0, 0.05) is 26.2 Å². The second-order valence-electron chi connectivity index (χ2n) is 5.99. The predicted octanol–water partition coefficient (Wildman–Crippen LogP) is 0.186. The molecule has 4 heterocycles. The lowest BCUT2D eigenvalue weighted by Gasteiger charge is -2.30. The summed E-state index contributed by atoms with van der Waals surface area (Å²) < 4.78 is 16.3. The number of hydrogen-bond acceptors (Lipinski definition) is 9. The van der Waals surface area contributed by atoms with Crippen LogP contribution in [0.15, 0.2) is 22.8 Å². The number of ether oxygens (including phenoxy) is 2. The fourth-order valence-electron chi connectivity index (χ4n) is 2.91. The van der Waals surface area contributed by atoms with E-state index in [1.54, 1.807) is 6.26 Å². The SMILES string of the molecule is NC(c1nc(N2CCOCC2)nc(N2CCOCC2)n1)c1ccco1. The second-order valence-corrected chi connectivity index (χ2v) is 5.99. The number of aromatic nitrogens is 3. The van der Waals surface area contributed by atoms with Crippen LogP contribution in [0.3, 0.4) is 0 Å². The molecule has 0 radical (unpaired) electrons. The molecular weight excluding hydrogens is 324 g/mol. The van der Waals surface area contributed by atoms with Crippen LogP contribution in [0.4, 0.5) is 11.9 Å². The molecule has 1 unspecified atom stereocenters. The summed E-state index contributed by atoms with van der Waals surface area (Å²) in [6, 6.07) is 3.11. The molecule has 2 aliphatic heterocycles. The lowest BCUT2D eigenvalue weighted by molar-refractivity contribution is 0.121. The topological polar surface area (TPSA) is 103 Å². The van der Waals surface area contributed by atoms with Crippen LogP contribution in [0.1, 0.15) is 17.6 Å². The highest BCUT2D eigenvalue weighted by Crippen LogP contribution is 2.22. The first kappa shape index (κ1) is 16.2. The molecule has 2 fully saturated rings. The lowest BCUT2D eigenvalue weighted by atomic mass is 10.2. The van der Waals surface area contributed by atoms with Gasteiger partial charge < -0.3 is 29.4 Å². The van der Waals surface area contributed by atoms with E-state index in [0.29, 0.717) is 49.9 Å². The van der Waals surface area contributed by atoms with Crippen molar-refractivity contribution in [2.75, 3.05) is 62.4 Å². The molecule has 0 saturated carbocycles. The van der Waals surface area contributed by atoms with Gasteiger partial charge in [0.05, 0.1) is 32.7 Å². The van der Waals surface area contributed by atoms with Gasteiger partial charge in [0.2, 0.25) is 11.9 Å². The monoisotopic (exact) mass is 346 g/mol. The molecule has 4 rings (SSSR count). The summed E-state index contributed by atoms with van der Waals surface area (Å²) in [6.07, 6.45) is 1.60. The van der Waals surface area contributed by atoms with Crippen molar-refractivity contribution in [2.24, 2.45) is 5.73 Å². The van der Waals surface area contributed by atoms with Crippen molar-refractivity contribution in [1.82, 2.24) is 15.0 Å². The Hall–Kier alpha value is -2.23. The van der Waals surface area contributed by atoms with E-state index in [9.17, 15) is 0 Å². The van der Waals surface area contributed by atoms with Gasteiger partial charge in [-0.3, -0.25) is 0 Å². The van der Waals surface area contributed by atoms with Gasteiger partial charge in [0.25, 0.3) is 0 Å². The first-order chi connectivity index (χ1) is 12.3. The third-order valence-electron chi connectivity index (χ3n) is 4.34. The summed E-state index contributed by atoms with van der Waals surface area (Å²) in [6.45, 7) is 5.67. The fraction of sp³-hybridized carbons (Fsp3) is 0.562. The average Bonchev–Trinajstić information content (AvgIpc) is 3.23. The maximum Gasteiger partial charge on any atom is 0.230 e. The van der Waals surface area contributed by atoms with Crippen LogP contribution in [0.2, 0.25) is 0 Å². The van der Waals surface area contributed by atoms with Crippen molar-refractivity contribution < 1.29 is 13.9 Å².